The van der Waals surface area contributed by atoms with Crippen LogP contribution in [0.4, 0.5) is 4.79 Å². The highest BCUT2D eigenvalue weighted by Gasteiger charge is 2.24. The van der Waals surface area contributed by atoms with E-state index >= 15 is 0 Å². The summed E-state index contributed by atoms with van der Waals surface area (Å²) in [7, 11) is 2.88. The third-order valence-corrected chi connectivity index (χ3v) is 3.21. The average molecular weight is 360 g/mol. The Morgan fingerprint density at radius 2 is 1.88 bits per heavy atom. The number of ether oxygens (including phenoxy) is 3. The third kappa shape index (κ3) is 5.81. The second kappa shape index (κ2) is 8.10. The van der Waals surface area contributed by atoms with E-state index in [4.69, 9.17) is 30.9 Å². The van der Waals surface area contributed by atoms with Gasteiger partial charge in [0.25, 0.3) is 0 Å². The molecule has 0 unspecified atom stereocenters. The van der Waals surface area contributed by atoms with Gasteiger partial charge in [0, 0.05) is 0 Å². The molecule has 0 fully saturated rings. The van der Waals surface area contributed by atoms with Crippen LogP contribution >= 0.6 is 11.6 Å². The van der Waals surface area contributed by atoms with Gasteiger partial charge in [-0.2, -0.15) is 0 Å². The fourth-order valence-electron chi connectivity index (χ4n) is 2.02. The SMILES string of the molecule is COc1cc([C@H](CC(=O)O)NC(=O)OC(C)(C)C)cc(Cl)c1OC. The van der Waals surface area contributed by atoms with Crippen LogP contribution in [-0.4, -0.2) is 37.0 Å². The summed E-state index contributed by atoms with van der Waals surface area (Å²) in [6, 6.07) is 2.25. The maximum atomic E-state index is 12.0. The Labute approximate surface area is 145 Å². The number of methoxy groups -OCH3 is 2. The number of halogens is 1. The van der Waals surface area contributed by atoms with Crippen LogP contribution in [0.3, 0.4) is 0 Å². The highest BCUT2D eigenvalue weighted by Crippen LogP contribution is 2.38. The topological polar surface area (TPSA) is 94.1 Å². The van der Waals surface area contributed by atoms with Gasteiger partial charge in [0.1, 0.15) is 5.60 Å². The third-order valence-electron chi connectivity index (χ3n) is 2.93. The first-order valence-corrected chi connectivity index (χ1v) is 7.58. The molecule has 1 atom stereocenters. The van der Waals surface area contributed by atoms with Gasteiger partial charge >= 0.3 is 12.1 Å². The molecule has 0 aliphatic carbocycles. The van der Waals surface area contributed by atoms with Gasteiger partial charge in [0.2, 0.25) is 0 Å². The molecule has 0 radical (unpaired) electrons. The Morgan fingerprint density at radius 1 is 1.25 bits per heavy atom. The molecule has 0 aliphatic rings. The van der Waals surface area contributed by atoms with Gasteiger partial charge in [0.15, 0.2) is 11.5 Å². The number of alkyl carbamates (subject to hydrolysis) is 1. The lowest BCUT2D eigenvalue weighted by atomic mass is 10.0. The smallest absolute Gasteiger partial charge is 0.408 e. The molecule has 0 aliphatic heterocycles. The summed E-state index contributed by atoms with van der Waals surface area (Å²) in [5.41, 5.74) is -0.237. The monoisotopic (exact) mass is 359 g/mol. The van der Waals surface area contributed by atoms with Crippen molar-refractivity contribution in [3.63, 3.8) is 0 Å². The lowest BCUT2D eigenvalue weighted by molar-refractivity contribution is -0.137. The van der Waals surface area contributed by atoms with Crippen LogP contribution in [0.15, 0.2) is 12.1 Å². The predicted octanol–water partition coefficient (Wildman–Crippen LogP) is 3.40. The molecular weight excluding hydrogens is 338 g/mol. The van der Waals surface area contributed by atoms with E-state index in [1.807, 2.05) is 0 Å². The number of rotatable bonds is 6. The number of carboxylic acid groups (broad SMARTS) is 1. The maximum absolute atomic E-state index is 12.0. The molecule has 0 spiro atoms. The first-order chi connectivity index (χ1) is 11.1. The second-order valence-electron chi connectivity index (χ2n) is 6.03. The highest BCUT2D eigenvalue weighted by molar-refractivity contribution is 6.32. The molecule has 1 amide bonds. The van der Waals surface area contributed by atoms with E-state index in [0.717, 1.165) is 0 Å². The molecule has 24 heavy (non-hydrogen) atoms. The molecule has 0 saturated carbocycles. The number of hydrogen-bond acceptors (Lipinski definition) is 5. The van der Waals surface area contributed by atoms with Gasteiger partial charge < -0.3 is 24.6 Å². The normalized spacial score (nSPS) is 12.2. The summed E-state index contributed by atoms with van der Waals surface area (Å²) in [4.78, 5) is 23.1. The number of carboxylic acids is 1. The van der Waals surface area contributed by atoms with Gasteiger partial charge in [-0.15, -0.1) is 0 Å². The molecule has 1 aromatic rings. The van der Waals surface area contributed by atoms with Crippen LogP contribution in [0, 0.1) is 0 Å². The Hall–Kier alpha value is -2.15. The fourth-order valence-corrected chi connectivity index (χ4v) is 2.31. The Balaban J connectivity index is 3.14. The van der Waals surface area contributed by atoms with Gasteiger partial charge in [-0.3, -0.25) is 4.79 Å². The predicted molar refractivity (Wildman–Crippen MR) is 88.9 cm³/mol. The van der Waals surface area contributed by atoms with Crippen molar-refractivity contribution in [3.8, 4) is 11.5 Å². The average Bonchev–Trinajstić information content (AvgIpc) is 2.43. The van der Waals surface area contributed by atoms with E-state index < -0.39 is 23.7 Å². The molecule has 134 valence electrons. The summed E-state index contributed by atoms with van der Waals surface area (Å²) in [5, 5.41) is 11.9. The van der Waals surface area contributed by atoms with Crippen molar-refractivity contribution < 1.29 is 28.9 Å². The van der Waals surface area contributed by atoms with Crippen molar-refractivity contribution in [3.05, 3.63) is 22.7 Å². The molecule has 1 rings (SSSR count). The molecule has 7 nitrogen and oxygen atoms in total. The summed E-state index contributed by atoms with van der Waals surface area (Å²) < 4.78 is 15.5. The lowest BCUT2D eigenvalue weighted by Crippen LogP contribution is -2.35. The molecule has 0 bridgehead atoms. The van der Waals surface area contributed by atoms with Crippen LogP contribution in [0.25, 0.3) is 0 Å². The molecule has 0 aromatic heterocycles. The van der Waals surface area contributed by atoms with Crippen molar-refractivity contribution in [1.82, 2.24) is 5.32 Å². The van der Waals surface area contributed by atoms with E-state index in [2.05, 4.69) is 5.32 Å². The molecule has 1 aromatic carbocycles. The van der Waals surface area contributed by atoms with Crippen LogP contribution in [0.2, 0.25) is 5.02 Å². The van der Waals surface area contributed by atoms with E-state index in [1.165, 1.54) is 20.3 Å². The number of amides is 1. The zero-order chi connectivity index (χ0) is 18.5. The highest BCUT2D eigenvalue weighted by atomic mass is 35.5. The number of carbonyl (C=O) groups excluding carboxylic acids is 1. The maximum Gasteiger partial charge on any atom is 0.408 e. The fraction of sp³-hybridized carbons (Fsp3) is 0.500. The number of aliphatic carboxylic acids is 1. The Morgan fingerprint density at radius 3 is 2.33 bits per heavy atom. The number of hydrogen-bond donors (Lipinski definition) is 2. The largest absolute Gasteiger partial charge is 0.493 e. The Kier molecular flexibility index (Phi) is 6.71. The number of benzene rings is 1. The summed E-state index contributed by atoms with van der Waals surface area (Å²) in [5.74, 6) is -0.419. The van der Waals surface area contributed by atoms with Crippen LogP contribution < -0.4 is 14.8 Å². The van der Waals surface area contributed by atoms with Gasteiger partial charge in [-0.1, -0.05) is 11.6 Å². The minimum Gasteiger partial charge on any atom is -0.493 e. The summed E-state index contributed by atoms with van der Waals surface area (Å²) >= 11 is 6.14. The lowest BCUT2D eigenvalue weighted by Gasteiger charge is -2.24. The second-order valence-corrected chi connectivity index (χ2v) is 6.44. The van der Waals surface area contributed by atoms with Crippen molar-refractivity contribution >= 4 is 23.7 Å². The van der Waals surface area contributed by atoms with E-state index in [0.29, 0.717) is 17.1 Å². The van der Waals surface area contributed by atoms with Crippen LogP contribution in [-0.2, 0) is 9.53 Å². The van der Waals surface area contributed by atoms with E-state index in [1.54, 1.807) is 26.8 Å². The first-order valence-electron chi connectivity index (χ1n) is 7.20. The summed E-state index contributed by atoms with van der Waals surface area (Å²) in [6.07, 6.45) is -1.06. The van der Waals surface area contributed by atoms with Crippen molar-refractivity contribution in [2.75, 3.05) is 14.2 Å². The minimum absolute atomic E-state index is 0.244. The first kappa shape index (κ1) is 19.9. The van der Waals surface area contributed by atoms with E-state index in [-0.39, 0.29) is 11.4 Å². The van der Waals surface area contributed by atoms with Gasteiger partial charge in [0.05, 0.1) is 31.7 Å². The molecule has 0 heterocycles. The molecule has 0 saturated heterocycles. The van der Waals surface area contributed by atoms with E-state index in [9.17, 15) is 9.59 Å². The molecular formula is C16H22ClNO6. The number of nitrogens with one attached hydrogen (secondary N) is 1. The quantitative estimate of drug-likeness (QED) is 0.808. The standard InChI is InChI=1S/C16H22ClNO6/c1-16(2,3)24-15(21)18-11(8-13(19)20)9-6-10(17)14(23-5)12(7-9)22-4/h6-7,11H,8H2,1-5H3,(H,18,21)(H,19,20)/t11-/m0/s1. The minimum atomic E-state index is -1.08. The van der Waals surface area contributed by atoms with Gasteiger partial charge in [-0.25, -0.2) is 4.79 Å². The summed E-state index contributed by atoms with van der Waals surface area (Å²) in [6.45, 7) is 5.14. The van der Waals surface area contributed by atoms with Crippen molar-refractivity contribution in [1.29, 1.82) is 0 Å². The number of carbonyl (C=O) groups is 2. The van der Waals surface area contributed by atoms with Crippen molar-refractivity contribution in [2.45, 2.75) is 38.8 Å². The van der Waals surface area contributed by atoms with Crippen LogP contribution in [0.1, 0.15) is 38.8 Å². The Bertz CT molecular complexity index is 611. The van der Waals surface area contributed by atoms with Crippen molar-refractivity contribution in [2.24, 2.45) is 0 Å². The van der Waals surface area contributed by atoms with Gasteiger partial charge in [-0.05, 0) is 38.5 Å². The zero-order valence-electron chi connectivity index (χ0n) is 14.3. The van der Waals surface area contributed by atoms with Crippen LogP contribution in [0.5, 0.6) is 11.5 Å². The molecule has 8 heteroatoms. The zero-order valence-corrected chi connectivity index (χ0v) is 15.1. The molecule has 2 N–H and O–H groups in total.